The van der Waals surface area contributed by atoms with E-state index in [1.54, 1.807) is 18.4 Å². The van der Waals surface area contributed by atoms with E-state index in [2.05, 4.69) is 11.4 Å². The van der Waals surface area contributed by atoms with Crippen molar-refractivity contribution >= 4 is 17.0 Å². The zero-order valence-corrected chi connectivity index (χ0v) is 8.67. The molecule has 0 radical (unpaired) electrons. The van der Waals surface area contributed by atoms with Crippen molar-refractivity contribution < 1.29 is 4.74 Å². The summed E-state index contributed by atoms with van der Waals surface area (Å²) in [4.78, 5) is 0. The van der Waals surface area contributed by atoms with Gasteiger partial charge < -0.3 is 10.5 Å². The highest BCUT2D eigenvalue weighted by Gasteiger charge is 2.03. The molecule has 0 aliphatic rings. The van der Waals surface area contributed by atoms with Crippen molar-refractivity contribution in [1.29, 1.82) is 0 Å². The second-order valence-corrected chi connectivity index (χ2v) is 3.75. The SMILES string of the molecule is COc1ccc(-c2ccsc2)c(N)c1. The third-order valence-corrected chi connectivity index (χ3v) is 2.77. The molecule has 0 unspecified atom stereocenters. The Morgan fingerprint density at radius 2 is 2.14 bits per heavy atom. The van der Waals surface area contributed by atoms with Gasteiger partial charge in [-0.15, -0.1) is 0 Å². The lowest BCUT2D eigenvalue weighted by Gasteiger charge is -2.05. The molecular weight excluding hydrogens is 194 g/mol. The van der Waals surface area contributed by atoms with Crippen LogP contribution < -0.4 is 10.5 Å². The molecule has 3 heteroatoms. The Bertz CT molecular complexity index is 423. The summed E-state index contributed by atoms with van der Waals surface area (Å²) in [5.74, 6) is 0.793. The Balaban J connectivity index is 2.46. The first kappa shape index (κ1) is 9.09. The molecule has 14 heavy (non-hydrogen) atoms. The average molecular weight is 205 g/mol. The van der Waals surface area contributed by atoms with Crippen LogP contribution in [0.1, 0.15) is 0 Å². The Kier molecular flexibility index (Phi) is 2.41. The smallest absolute Gasteiger partial charge is 0.120 e. The molecule has 1 aromatic heterocycles. The van der Waals surface area contributed by atoms with Gasteiger partial charge in [-0.1, -0.05) is 0 Å². The van der Waals surface area contributed by atoms with Crippen molar-refractivity contribution in [3.63, 3.8) is 0 Å². The van der Waals surface area contributed by atoms with E-state index in [1.807, 2.05) is 23.6 Å². The second kappa shape index (κ2) is 3.72. The van der Waals surface area contributed by atoms with Gasteiger partial charge in [0.25, 0.3) is 0 Å². The average Bonchev–Trinajstić information content (AvgIpc) is 2.70. The topological polar surface area (TPSA) is 35.2 Å². The summed E-state index contributed by atoms with van der Waals surface area (Å²) in [5.41, 5.74) is 8.89. The first-order valence-electron chi connectivity index (χ1n) is 4.27. The molecule has 2 aromatic rings. The number of nitrogens with two attached hydrogens (primary N) is 1. The molecule has 2 rings (SSSR count). The fourth-order valence-electron chi connectivity index (χ4n) is 1.35. The highest BCUT2D eigenvalue weighted by molar-refractivity contribution is 7.08. The van der Waals surface area contributed by atoms with Gasteiger partial charge in [0.2, 0.25) is 0 Å². The van der Waals surface area contributed by atoms with Crippen LogP contribution in [-0.4, -0.2) is 7.11 Å². The van der Waals surface area contributed by atoms with Crippen molar-refractivity contribution in [3.8, 4) is 16.9 Å². The van der Waals surface area contributed by atoms with Crippen LogP contribution in [0.15, 0.2) is 35.0 Å². The van der Waals surface area contributed by atoms with Crippen LogP contribution in [0.4, 0.5) is 5.69 Å². The molecule has 0 atom stereocenters. The number of thiophene rings is 1. The lowest BCUT2D eigenvalue weighted by Crippen LogP contribution is -1.91. The summed E-state index contributed by atoms with van der Waals surface area (Å²) in [6, 6.07) is 7.80. The monoisotopic (exact) mass is 205 g/mol. The number of ether oxygens (including phenoxy) is 1. The van der Waals surface area contributed by atoms with E-state index in [9.17, 15) is 0 Å². The maximum absolute atomic E-state index is 5.91. The van der Waals surface area contributed by atoms with Gasteiger partial charge >= 0.3 is 0 Å². The summed E-state index contributed by atoms with van der Waals surface area (Å²) in [7, 11) is 1.64. The van der Waals surface area contributed by atoms with Gasteiger partial charge in [0.1, 0.15) is 5.75 Å². The first-order valence-corrected chi connectivity index (χ1v) is 5.21. The van der Waals surface area contributed by atoms with E-state index >= 15 is 0 Å². The minimum Gasteiger partial charge on any atom is -0.497 e. The summed E-state index contributed by atoms with van der Waals surface area (Å²) in [6.45, 7) is 0. The molecule has 0 spiro atoms. The number of methoxy groups -OCH3 is 1. The fourth-order valence-corrected chi connectivity index (χ4v) is 2.00. The van der Waals surface area contributed by atoms with Crippen LogP contribution in [0.5, 0.6) is 5.75 Å². The third kappa shape index (κ3) is 1.59. The van der Waals surface area contributed by atoms with Gasteiger partial charge in [-0.2, -0.15) is 11.3 Å². The Labute approximate surface area is 86.9 Å². The first-order chi connectivity index (χ1) is 6.81. The van der Waals surface area contributed by atoms with Crippen molar-refractivity contribution in [3.05, 3.63) is 35.0 Å². The van der Waals surface area contributed by atoms with E-state index in [0.717, 1.165) is 22.6 Å². The minimum absolute atomic E-state index is 0.753. The molecule has 0 amide bonds. The normalized spacial score (nSPS) is 10.1. The quantitative estimate of drug-likeness (QED) is 0.765. The zero-order valence-electron chi connectivity index (χ0n) is 7.86. The van der Waals surface area contributed by atoms with Crippen LogP contribution in [0.3, 0.4) is 0 Å². The van der Waals surface area contributed by atoms with Gasteiger partial charge in [0, 0.05) is 17.3 Å². The predicted molar refractivity (Wildman–Crippen MR) is 60.7 cm³/mol. The van der Waals surface area contributed by atoms with E-state index in [-0.39, 0.29) is 0 Å². The van der Waals surface area contributed by atoms with Crippen molar-refractivity contribution in [2.75, 3.05) is 12.8 Å². The summed E-state index contributed by atoms with van der Waals surface area (Å²) in [5, 5.41) is 4.12. The molecule has 0 aliphatic carbocycles. The van der Waals surface area contributed by atoms with Crippen LogP contribution in [0, 0.1) is 0 Å². The molecule has 0 saturated carbocycles. The molecule has 2 N–H and O–H groups in total. The summed E-state index contributed by atoms with van der Waals surface area (Å²) >= 11 is 1.67. The largest absolute Gasteiger partial charge is 0.497 e. The highest BCUT2D eigenvalue weighted by Crippen LogP contribution is 2.30. The van der Waals surface area contributed by atoms with Gasteiger partial charge in [-0.3, -0.25) is 0 Å². The molecule has 0 bridgehead atoms. The zero-order chi connectivity index (χ0) is 9.97. The number of rotatable bonds is 2. The number of benzene rings is 1. The maximum Gasteiger partial charge on any atom is 0.120 e. The minimum atomic E-state index is 0.753. The van der Waals surface area contributed by atoms with Crippen LogP contribution in [0.2, 0.25) is 0 Å². The van der Waals surface area contributed by atoms with Gasteiger partial charge in [-0.25, -0.2) is 0 Å². The van der Waals surface area contributed by atoms with Crippen LogP contribution in [0.25, 0.3) is 11.1 Å². The number of hydrogen-bond acceptors (Lipinski definition) is 3. The molecule has 0 aliphatic heterocycles. The number of nitrogen functional groups attached to an aromatic ring is 1. The molecule has 0 saturated heterocycles. The molecular formula is C11H11NOS. The third-order valence-electron chi connectivity index (χ3n) is 2.09. The van der Waals surface area contributed by atoms with Crippen molar-refractivity contribution in [2.45, 2.75) is 0 Å². The molecule has 1 heterocycles. The summed E-state index contributed by atoms with van der Waals surface area (Å²) < 4.78 is 5.09. The van der Waals surface area contributed by atoms with Gasteiger partial charge in [-0.05, 0) is 34.5 Å². The van der Waals surface area contributed by atoms with Crippen molar-refractivity contribution in [2.24, 2.45) is 0 Å². The van der Waals surface area contributed by atoms with Gasteiger partial charge in [0.05, 0.1) is 7.11 Å². The van der Waals surface area contributed by atoms with E-state index in [4.69, 9.17) is 10.5 Å². The Hall–Kier alpha value is -1.48. The molecule has 72 valence electrons. The van der Waals surface area contributed by atoms with E-state index in [1.165, 1.54) is 0 Å². The molecule has 2 nitrogen and oxygen atoms in total. The van der Waals surface area contributed by atoms with Crippen LogP contribution in [-0.2, 0) is 0 Å². The van der Waals surface area contributed by atoms with Gasteiger partial charge in [0.15, 0.2) is 0 Å². The lowest BCUT2D eigenvalue weighted by atomic mass is 10.1. The fraction of sp³-hybridized carbons (Fsp3) is 0.0909. The standard InChI is InChI=1S/C11H11NOS/c1-13-9-2-3-10(11(12)6-9)8-4-5-14-7-8/h2-7H,12H2,1H3. The molecule has 0 fully saturated rings. The maximum atomic E-state index is 5.91. The predicted octanol–water partition coefficient (Wildman–Crippen LogP) is 3.01. The Morgan fingerprint density at radius 1 is 1.29 bits per heavy atom. The summed E-state index contributed by atoms with van der Waals surface area (Å²) in [6.07, 6.45) is 0. The Morgan fingerprint density at radius 3 is 2.71 bits per heavy atom. The van der Waals surface area contributed by atoms with E-state index in [0.29, 0.717) is 0 Å². The van der Waals surface area contributed by atoms with E-state index < -0.39 is 0 Å². The number of anilines is 1. The number of hydrogen-bond donors (Lipinski definition) is 1. The lowest BCUT2D eigenvalue weighted by molar-refractivity contribution is 0.415. The highest BCUT2D eigenvalue weighted by atomic mass is 32.1. The van der Waals surface area contributed by atoms with Crippen LogP contribution >= 0.6 is 11.3 Å². The second-order valence-electron chi connectivity index (χ2n) is 2.97. The van der Waals surface area contributed by atoms with Crippen molar-refractivity contribution in [1.82, 2.24) is 0 Å². The molecule has 1 aromatic carbocycles.